The lowest BCUT2D eigenvalue weighted by Crippen LogP contribution is -2.35. The van der Waals surface area contributed by atoms with Gasteiger partial charge in [-0.3, -0.25) is 4.79 Å². The summed E-state index contributed by atoms with van der Waals surface area (Å²) in [6.07, 6.45) is 0.931. The largest absolute Gasteiger partial charge is 0.468 e. The molecule has 1 aliphatic rings. The number of halogens is 1. The van der Waals surface area contributed by atoms with Gasteiger partial charge in [-0.15, -0.1) is 0 Å². The molecule has 1 heterocycles. The van der Waals surface area contributed by atoms with Crippen LogP contribution in [0.4, 0.5) is 0 Å². The number of benzene rings is 1. The molecule has 0 spiro atoms. The third-order valence-corrected chi connectivity index (χ3v) is 3.19. The van der Waals surface area contributed by atoms with Gasteiger partial charge in [-0.2, -0.15) is 0 Å². The summed E-state index contributed by atoms with van der Waals surface area (Å²) in [7, 11) is 1.41. The Morgan fingerprint density at radius 3 is 3.06 bits per heavy atom. The second-order valence-corrected chi connectivity index (χ2v) is 4.34. The minimum absolute atomic E-state index is 0.158. The molecule has 16 heavy (non-hydrogen) atoms. The lowest BCUT2D eigenvalue weighted by atomic mass is 9.92. The molecule has 1 aromatic rings. The van der Waals surface area contributed by atoms with Crippen LogP contribution in [-0.4, -0.2) is 25.7 Å². The lowest BCUT2D eigenvalue weighted by molar-refractivity contribution is -0.143. The highest BCUT2D eigenvalue weighted by Crippen LogP contribution is 2.29. The van der Waals surface area contributed by atoms with E-state index in [-0.39, 0.29) is 17.9 Å². The Bertz CT molecular complexity index is 394. The zero-order valence-corrected chi connectivity index (χ0v) is 9.83. The smallest absolute Gasteiger partial charge is 0.323 e. The van der Waals surface area contributed by atoms with Crippen molar-refractivity contribution in [2.24, 2.45) is 0 Å². The third kappa shape index (κ3) is 2.20. The summed E-state index contributed by atoms with van der Waals surface area (Å²) in [5.41, 5.74) is 1.09. The van der Waals surface area contributed by atoms with Crippen LogP contribution in [0.3, 0.4) is 0 Å². The molecule has 2 rings (SSSR count). The molecule has 0 bridgehead atoms. The summed E-state index contributed by atoms with van der Waals surface area (Å²) in [5, 5.41) is 3.86. The Hall–Kier alpha value is -1.06. The van der Waals surface area contributed by atoms with Crippen LogP contribution in [0.2, 0.25) is 5.02 Å². The number of hydrogen-bond acceptors (Lipinski definition) is 3. The van der Waals surface area contributed by atoms with Crippen molar-refractivity contribution in [3.63, 3.8) is 0 Å². The van der Waals surface area contributed by atoms with Crippen LogP contribution in [0.15, 0.2) is 24.3 Å². The first-order valence-electron chi connectivity index (χ1n) is 5.29. The Morgan fingerprint density at radius 2 is 2.38 bits per heavy atom. The van der Waals surface area contributed by atoms with Crippen molar-refractivity contribution in [1.29, 1.82) is 0 Å². The van der Waals surface area contributed by atoms with Gasteiger partial charge < -0.3 is 10.1 Å². The van der Waals surface area contributed by atoms with E-state index >= 15 is 0 Å². The normalized spacial score (nSPS) is 24.4. The van der Waals surface area contributed by atoms with Crippen molar-refractivity contribution in [1.82, 2.24) is 5.32 Å². The first kappa shape index (κ1) is 11.4. The van der Waals surface area contributed by atoms with Gasteiger partial charge in [-0.05, 0) is 30.7 Å². The molecule has 3 nitrogen and oxygen atoms in total. The van der Waals surface area contributed by atoms with E-state index in [0.29, 0.717) is 5.02 Å². The molecule has 0 aromatic heterocycles. The number of esters is 1. The number of nitrogens with one attached hydrogen (secondary N) is 1. The SMILES string of the molecule is COC(=O)C1NCCC1c1cccc(Cl)c1. The van der Waals surface area contributed by atoms with E-state index in [4.69, 9.17) is 16.3 Å². The molecule has 0 radical (unpaired) electrons. The zero-order valence-electron chi connectivity index (χ0n) is 9.07. The molecule has 2 atom stereocenters. The highest BCUT2D eigenvalue weighted by Gasteiger charge is 2.34. The van der Waals surface area contributed by atoms with E-state index in [1.807, 2.05) is 24.3 Å². The van der Waals surface area contributed by atoms with Crippen LogP contribution in [-0.2, 0) is 9.53 Å². The first-order chi connectivity index (χ1) is 7.72. The fraction of sp³-hybridized carbons (Fsp3) is 0.417. The monoisotopic (exact) mass is 239 g/mol. The highest BCUT2D eigenvalue weighted by molar-refractivity contribution is 6.30. The van der Waals surface area contributed by atoms with Crippen LogP contribution < -0.4 is 5.32 Å². The number of rotatable bonds is 2. The molecule has 1 fully saturated rings. The van der Waals surface area contributed by atoms with Crippen molar-refractivity contribution >= 4 is 17.6 Å². The van der Waals surface area contributed by atoms with Crippen LogP contribution in [0.25, 0.3) is 0 Å². The maximum atomic E-state index is 11.6. The van der Waals surface area contributed by atoms with Gasteiger partial charge in [0.25, 0.3) is 0 Å². The van der Waals surface area contributed by atoms with Gasteiger partial charge >= 0.3 is 5.97 Å². The minimum Gasteiger partial charge on any atom is -0.468 e. The molecular formula is C12H14ClNO2. The summed E-state index contributed by atoms with van der Waals surface area (Å²) in [5.74, 6) is -0.0476. The number of methoxy groups -OCH3 is 1. The number of ether oxygens (including phenoxy) is 1. The second kappa shape index (κ2) is 4.85. The summed E-state index contributed by atoms with van der Waals surface area (Å²) >= 11 is 5.95. The zero-order chi connectivity index (χ0) is 11.5. The predicted octanol–water partition coefficient (Wildman–Crippen LogP) is 1.96. The maximum absolute atomic E-state index is 11.6. The Labute approximate surface area is 99.7 Å². The quantitative estimate of drug-likeness (QED) is 0.802. The molecule has 1 aromatic carbocycles. The van der Waals surface area contributed by atoms with Crippen molar-refractivity contribution in [3.8, 4) is 0 Å². The Morgan fingerprint density at radius 1 is 1.56 bits per heavy atom. The fourth-order valence-corrected chi connectivity index (χ4v) is 2.37. The van der Waals surface area contributed by atoms with Crippen LogP contribution in [0.1, 0.15) is 17.9 Å². The average molecular weight is 240 g/mol. The van der Waals surface area contributed by atoms with Crippen molar-refractivity contribution in [3.05, 3.63) is 34.9 Å². The van der Waals surface area contributed by atoms with E-state index in [1.165, 1.54) is 7.11 Å². The minimum atomic E-state index is -0.247. The summed E-state index contributed by atoms with van der Waals surface area (Å²) in [6, 6.07) is 7.41. The van der Waals surface area contributed by atoms with Gasteiger partial charge in [0, 0.05) is 10.9 Å². The molecular weight excluding hydrogens is 226 g/mol. The van der Waals surface area contributed by atoms with Gasteiger partial charge in [0.1, 0.15) is 6.04 Å². The molecule has 1 aliphatic heterocycles. The standard InChI is InChI=1S/C12H14ClNO2/c1-16-12(15)11-10(5-6-14-11)8-3-2-4-9(13)7-8/h2-4,7,10-11,14H,5-6H2,1H3. The van der Waals surface area contributed by atoms with Crippen molar-refractivity contribution in [2.75, 3.05) is 13.7 Å². The molecule has 0 amide bonds. The van der Waals surface area contributed by atoms with Crippen molar-refractivity contribution < 1.29 is 9.53 Å². The van der Waals surface area contributed by atoms with E-state index in [0.717, 1.165) is 18.5 Å². The first-order valence-corrected chi connectivity index (χ1v) is 5.67. The van der Waals surface area contributed by atoms with Crippen LogP contribution >= 0.6 is 11.6 Å². The molecule has 0 saturated carbocycles. The second-order valence-electron chi connectivity index (χ2n) is 3.91. The van der Waals surface area contributed by atoms with E-state index in [1.54, 1.807) is 0 Å². The van der Waals surface area contributed by atoms with Gasteiger partial charge in [0.05, 0.1) is 7.11 Å². The van der Waals surface area contributed by atoms with Crippen LogP contribution in [0.5, 0.6) is 0 Å². The average Bonchev–Trinajstić information content (AvgIpc) is 2.77. The number of hydrogen-bond donors (Lipinski definition) is 1. The Kier molecular flexibility index (Phi) is 3.46. The molecule has 1 N–H and O–H groups in total. The lowest BCUT2D eigenvalue weighted by Gasteiger charge is -2.17. The molecule has 1 saturated heterocycles. The van der Waals surface area contributed by atoms with Gasteiger partial charge in [0.2, 0.25) is 0 Å². The van der Waals surface area contributed by atoms with E-state index < -0.39 is 0 Å². The van der Waals surface area contributed by atoms with Gasteiger partial charge in [0.15, 0.2) is 0 Å². The fourth-order valence-electron chi connectivity index (χ4n) is 2.17. The van der Waals surface area contributed by atoms with Gasteiger partial charge in [-0.1, -0.05) is 23.7 Å². The summed E-state index contributed by atoms with van der Waals surface area (Å²) < 4.78 is 4.78. The Balaban J connectivity index is 2.23. The maximum Gasteiger partial charge on any atom is 0.323 e. The van der Waals surface area contributed by atoms with Crippen molar-refractivity contribution in [2.45, 2.75) is 18.4 Å². The molecule has 4 heteroatoms. The van der Waals surface area contributed by atoms with E-state index in [9.17, 15) is 4.79 Å². The topological polar surface area (TPSA) is 38.3 Å². The van der Waals surface area contributed by atoms with Crippen LogP contribution in [0, 0.1) is 0 Å². The third-order valence-electron chi connectivity index (χ3n) is 2.95. The van der Waals surface area contributed by atoms with E-state index in [2.05, 4.69) is 5.32 Å². The predicted molar refractivity (Wildman–Crippen MR) is 62.6 cm³/mol. The molecule has 2 unspecified atom stereocenters. The molecule has 0 aliphatic carbocycles. The highest BCUT2D eigenvalue weighted by atomic mass is 35.5. The summed E-state index contributed by atoms with van der Waals surface area (Å²) in [6.45, 7) is 0.830. The number of carbonyl (C=O) groups is 1. The summed E-state index contributed by atoms with van der Waals surface area (Å²) in [4.78, 5) is 11.6. The van der Waals surface area contributed by atoms with Gasteiger partial charge in [-0.25, -0.2) is 0 Å². The number of carbonyl (C=O) groups excluding carboxylic acids is 1. The molecule has 86 valence electrons.